The topological polar surface area (TPSA) is 6.48 Å². The Labute approximate surface area is 177 Å². The summed E-state index contributed by atoms with van der Waals surface area (Å²) >= 11 is 0. The van der Waals surface area contributed by atoms with Crippen LogP contribution in [0, 0.1) is 16.6 Å². The van der Waals surface area contributed by atoms with Crippen LogP contribution < -0.4 is 4.90 Å². The summed E-state index contributed by atoms with van der Waals surface area (Å²) in [6.45, 7) is 17.0. The summed E-state index contributed by atoms with van der Waals surface area (Å²) in [6.07, 6.45) is 7.11. The first-order valence-corrected chi connectivity index (χ1v) is 10.7. The summed E-state index contributed by atoms with van der Waals surface area (Å²) in [4.78, 5) is 5.03. The van der Waals surface area contributed by atoms with Crippen molar-refractivity contribution in [2.24, 2.45) is 10.8 Å². The lowest BCUT2D eigenvalue weighted by Crippen LogP contribution is -2.47. The van der Waals surface area contributed by atoms with Crippen molar-refractivity contribution in [1.29, 1.82) is 0 Å². The van der Waals surface area contributed by atoms with E-state index in [9.17, 15) is 4.39 Å². The van der Waals surface area contributed by atoms with Crippen LogP contribution >= 0.6 is 12.4 Å². The Morgan fingerprint density at radius 3 is 2.32 bits per heavy atom. The molecule has 4 heteroatoms. The van der Waals surface area contributed by atoms with Crippen molar-refractivity contribution in [3.63, 3.8) is 0 Å². The standard InChI is InChI=1S/C24H37FN2.ClH/c1-6-7-10-26-11-13-27(14-12-26)22-9-8-20(25)15-21(22)19-16-23(2,3)18-24(4,5)17-19;/h8-9,15-16H,6-7,10-14,17-18H2,1-5H3;1H. The van der Waals surface area contributed by atoms with E-state index in [2.05, 4.69) is 50.5 Å². The zero-order valence-electron chi connectivity index (χ0n) is 18.4. The van der Waals surface area contributed by atoms with E-state index in [0.29, 0.717) is 0 Å². The van der Waals surface area contributed by atoms with E-state index in [-0.39, 0.29) is 29.1 Å². The number of allylic oxidation sites excluding steroid dienone is 2. The van der Waals surface area contributed by atoms with Gasteiger partial charge in [-0.3, -0.25) is 4.90 Å². The predicted octanol–water partition coefficient (Wildman–Crippen LogP) is 6.40. The van der Waals surface area contributed by atoms with Gasteiger partial charge in [0, 0.05) is 37.4 Å². The molecule has 0 amide bonds. The van der Waals surface area contributed by atoms with Crippen molar-refractivity contribution in [1.82, 2.24) is 4.90 Å². The highest BCUT2D eigenvalue weighted by Gasteiger charge is 2.34. The Hall–Kier alpha value is -1.06. The number of anilines is 1. The van der Waals surface area contributed by atoms with Crippen LogP contribution in [0.3, 0.4) is 0 Å². The van der Waals surface area contributed by atoms with Crippen LogP contribution in [0.5, 0.6) is 0 Å². The fourth-order valence-electron chi connectivity index (χ4n) is 5.19. The number of benzene rings is 1. The third-order valence-electron chi connectivity index (χ3n) is 6.01. The van der Waals surface area contributed by atoms with Gasteiger partial charge in [-0.1, -0.05) is 47.1 Å². The molecule has 0 N–H and O–H groups in total. The molecular weight excluding hydrogens is 371 g/mol. The number of hydrogen-bond donors (Lipinski definition) is 0. The molecule has 28 heavy (non-hydrogen) atoms. The van der Waals surface area contributed by atoms with Gasteiger partial charge in [-0.15, -0.1) is 12.4 Å². The predicted molar refractivity (Wildman–Crippen MR) is 122 cm³/mol. The van der Waals surface area contributed by atoms with Crippen LogP contribution in [0.4, 0.5) is 10.1 Å². The molecule has 0 atom stereocenters. The Bertz CT molecular complexity index is 688. The molecule has 0 radical (unpaired) electrons. The Morgan fingerprint density at radius 1 is 1.04 bits per heavy atom. The molecule has 1 fully saturated rings. The van der Waals surface area contributed by atoms with Crippen molar-refractivity contribution in [2.45, 2.75) is 60.3 Å². The molecule has 1 heterocycles. The van der Waals surface area contributed by atoms with Crippen LogP contribution in [-0.2, 0) is 0 Å². The molecule has 0 bridgehead atoms. The van der Waals surface area contributed by atoms with E-state index < -0.39 is 0 Å². The molecule has 0 aromatic heterocycles. The van der Waals surface area contributed by atoms with E-state index in [4.69, 9.17) is 0 Å². The van der Waals surface area contributed by atoms with Gasteiger partial charge in [0.25, 0.3) is 0 Å². The summed E-state index contributed by atoms with van der Waals surface area (Å²) in [7, 11) is 0. The maximum Gasteiger partial charge on any atom is 0.123 e. The fraction of sp³-hybridized carbons (Fsp3) is 0.667. The van der Waals surface area contributed by atoms with Crippen molar-refractivity contribution < 1.29 is 4.39 Å². The third-order valence-corrected chi connectivity index (χ3v) is 6.01. The van der Waals surface area contributed by atoms with Crippen LogP contribution in [0.2, 0.25) is 0 Å². The number of rotatable bonds is 5. The van der Waals surface area contributed by atoms with Gasteiger partial charge < -0.3 is 4.90 Å². The van der Waals surface area contributed by atoms with Gasteiger partial charge in [0.1, 0.15) is 5.82 Å². The molecule has 3 rings (SSSR count). The average molecular weight is 409 g/mol. The normalized spacial score (nSPS) is 21.8. The first kappa shape index (κ1) is 23.2. The first-order valence-electron chi connectivity index (χ1n) is 10.7. The zero-order valence-corrected chi connectivity index (χ0v) is 19.2. The second-order valence-corrected chi connectivity index (χ2v) is 10.0. The van der Waals surface area contributed by atoms with Crippen LogP contribution in [-0.4, -0.2) is 37.6 Å². The number of hydrogen-bond acceptors (Lipinski definition) is 2. The summed E-state index contributed by atoms with van der Waals surface area (Å²) in [5.41, 5.74) is 4.04. The minimum atomic E-state index is -0.127. The van der Waals surface area contributed by atoms with Crippen LogP contribution in [0.1, 0.15) is 65.9 Å². The lowest BCUT2D eigenvalue weighted by atomic mass is 9.65. The molecule has 1 aliphatic carbocycles. The van der Waals surface area contributed by atoms with Gasteiger partial charge in [-0.25, -0.2) is 4.39 Å². The third kappa shape index (κ3) is 5.73. The van der Waals surface area contributed by atoms with E-state index in [1.807, 2.05) is 6.07 Å². The lowest BCUT2D eigenvalue weighted by Gasteiger charge is -2.41. The molecular formula is C24H38ClFN2. The summed E-state index contributed by atoms with van der Waals surface area (Å²) in [5, 5.41) is 0. The second-order valence-electron chi connectivity index (χ2n) is 10.0. The molecule has 1 saturated heterocycles. The van der Waals surface area contributed by atoms with Crippen molar-refractivity contribution in [2.75, 3.05) is 37.6 Å². The highest BCUT2D eigenvalue weighted by Crippen LogP contribution is 2.48. The molecule has 2 aliphatic rings. The van der Waals surface area contributed by atoms with Gasteiger partial charge in [-0.05, 0) is 60.4 Å². The monoisotopic (exact) mass is 408 g/mol. The van der Waals surface area contributed by atoms with Crippen molar-refractivity contribution >= 4 is 23.7 Å². The number of halogens is 2. The summed E-state index contributed by atoms with van der Waals surface area (Å²) < 4.78 is 14.2. The average Bonchev–Trinajstić information content (AvgIpc) is 2.58. The smallest absolute Gasteiger partial charge is 0.123 e. The van der Waals surface area contributed by atoms with Crippen LogP contribution in [0.25, 0.3) is 5.57 Å². The second kappa shape index (κ2) is 9.17. The minimum Gasteiger partial charge on any atom is -0.368 e. The van der Waals surface area contributed by atoms with E-state index in [1.165, 1.54) is 37.1 Å². The molecule has 0 unspecified atom stereocenters. The molecule has 2 nitrogen and oxygen atoms in total. The zero-order chi connectivity index (χ0) is 19.7. The SMILES string of the molecule is CCCCN1CCN(c2ccc(F)cc2C2=CC(C)(C)CC(C)(C)C2)CC1.Cl. The molecule has 1 aromatic rings. The summed E-state index contributed by atoms with van der Waals surface area (Å²) in [5.74, 6) is -0.127. The Morgan fingerprint density at radius 2 is 1.71 bits per heavy atom. The highest BCUT2D eigenvalue weighted by molar-refractivity contribution is 5.85. The Kier molecular flexibility index (Phi) is 7.61. The molecule has 0 spiro atoms. The van der Waals surface area contributed by atoms with E-state index >= 15 is 0 Å². The van der Waals surface area contributed by atoms with E-state index in [1.54, 1.807) is 12.1 Å². The van der Waals surface area contributed by atoms with Gasteiger partial charge in [0.15, 0.2) is 0 Å². The van der Waals surface area contributed by atoms with Crippen molar-refractivity contribution in [3.05, 3.63) is 35.7 Å². The minimum absolute atomic E-state index is 0. The fourth-order valence-corrected chi connectivity index (χ4v) is 5.19. The number of piperazine rings is 1. The van der Waals surface area contributed by atoms with E-state index in [0.717, 1.165) is 38.2 Å². The Balaban J connectivity index is 0.00000280. The highest BCUT2D eigenvalue weighted by atomic mass is 35.5. The molecule has 1 aromatic carbocycles. The van der Waals surface area contributed by atoms with Crippen molar-refractivity contribution in [3.8, 4) is 0 Å². The molecule has 158 valence electrons. The number of nitrogens with zero attached hydrogens (tertiary/aromatic N) is 2. The molecule has 1 aliphatic heterocycles. The lowest BCUT2D eigenvalue weighted by molar-refractivity contribution is 0.228. The van der Waals surface area contributed by atoms with Gasteiger partial charge >= 0.3 is 0 Å². The quantitative estimate of drug-likeness (QED) is 0.556. The van der Waals surface area contributed by atoms with Gasteiger partial charge in [0.05, 0.1) is 0 Å². The maximum atomic E-state index is 14.2. The number of unbranched alkanes of at least 4 members (excludes halogenated alkanes) is 1. The van der Waals surface area contributed by atoms with Gasteiger partial charge in [-0.2, -0.15) is 0 Å². The summed E-state index contributed by atoms with van der Waals surface area (Å²) in [6, 6.07) is 5.39. The molecule has 0 saturated carbocycles. The first-order chi connectivity index (χ1) is 12.7. The maximum absolute atomic E-state index is 14.2. The van der Waals surface area contributed by atoms with Crippen LogP contribution in [0.15, 0.2) is 24.3 Å². The van der Waals surface area contributed by atoms with Gasteiger partial charge in [0.2, 0.25) is 0 Å². The largest absolute Gasteiger partial charge is 0.368 e.